The van der Waals surface area contributed by atoms with Crippen LogP contribution >= 0.6 is 0 Å². The molecule has 0 saturated carbocycles. The van der Waals surface area contributed by atoms with E-state index >= 15 is 0 Å². The third-order valence-corrected chi connectivity index (χ3v) is 7.05. The number of likely N-dealkylation sites (tertiary alicyclic amines) is 1. The third kappa shape index (κ3) is 3.78. The quantitative estimate of drug-likeness (QED) is 0.626. The Kier molecular flexibility index (Phi) is 5.38. The minimum atomic E-state index is -0.477. The molecule has 12 nitrogen and oxygen atoms in total. The summed E-state index contributed by atoms with van der Waals surface area (Å²) in [6, 6.07) is 0.933. The standard InChI is InChI=1S/C22H28N10O2/c23-21(33)18-13-32(31-6-1-5-24-22(18)31)20-11-25-27-19(20)10-15-12-30(28-26-15)16-2-7-29(8-3-16)17-4-9-34-14-17/h1,5-6,11-12,16-17H,2-4,7-10,13-14H2,(H2,23,33)(H,25,27). The van der Waals surface area contributed by atoms with E-state index in [0.717, 1.165) is 62.6 Å². The Labute approximate surface area is 196 Å². The molecule has 1 unspecified atom stereocenters. The number of amides is 1. The SMILES string of the molecule is NC(=O)C1=C2N=CC=CN2N(c2cn[nH]c2Cc2cn(C3CCN(C4CCOC4)CC3)nn2)C1. The van der Waals surface area contributed by atoms with Gasteiger partial charge in [0.2, 0.25) is 5.91 Å². The molecule has 0 bridgehead atoms. The highest BCUT2D eigenvalue weighted by Crippen LogP contribution is 2.33. The third-order valence-electron chi connectivity index (χ3n) is 7.05. The fourth-order valence-electron chi connectivity index (χ4n) is 5.20. The first-order chi connectivity index (χ1) is 16.7. The Morgan fingerprint density at radius 3 is 2.91 bits per heavy atom. The Balaban J connectivity index is 1.13. The molecule has 3 N–H and O–H groups in total. The van der Waals surface area contributed by atoms with Crippen molar-refractivity contribution in [2.75, 3.05) is 37.9 Å². The molecule has 0 radical (unpaired) electrons. The van der Waals surface area contributed by atoms with E-state index in [-0.39, 0.29) is 0 Å². The number of hydrogen-bond donors (Lipinski definition) is 2. The van der Waals surface area contributed by atoms with Crippen LogP contribution < -0.4 is 10.7 Å². The largest absolute Gasteiger partial charge is 0.380 e. The van der Waals surface area contributed by atoms with E-state index < -0.39 is 5.91 Å². The highest BCUT2D eigenvalue weighted by molar-refractivity contribution is 5.95. The van der Waals surface area contributed by atoms with Crippen LogP contribution in [-0.4, -0.2) is 86.1 Å². The van der Waals surface area contributed by atoms with E-state index in [1.807, 2.05) is 33.2 Å². The minimum absolute atomic E-state index is 0.330. The lowest BCUT2D eigenvalue weighted by molar-refractivity contribution is -0.114. The van der Waals surface area contributed by atoms with Crippen molar-refractivity contribution < 1.29 is 9.53 Å². The number of nitrogens with zero attached hydrogens (tertiary/aromatic N) is 8. The number of carbonyl (C=O) groups excluding carboxylic acids is 1. The second kappa shape index (κ2) is 8.69. The molecule has 0 aromatic carbocycles. The molecule has 6 rings (SSSR count). The summed E-state index contributed by atoms with van der Waals surface area (Å²) in [6.07, 6.45) is 12.9. The smallest absolute Gasteiger partial charge is 0.250 e. The van der Waals surface area contributed by atoms with E-state index in [0.29, 0.717) is 36.4 Å². The number of nitrogens with two attached hydrogens (primary N) is 1. The van der Waals surface area contributed by atoms with Gasteiger partial charge in [-0.2, -0.15) is 5.10 Å². The number of allylic oxidation sites excluding steroid dienone is 1. The van der Waals surface area contributed by atoms with Crippen LogP contribution in [0.2, 0.25) is 0 Å². The van der Waals surface area contributed by atoms with E-state index in [2.05, 4.69) is 30.4 Å². The predicted octanol–water partition coefficient (Wildman–Crippen LogP) is 0.350. The van der Waals surface area contributed by atoms with Crippen LogP contribution in [0.1, 0.15) is 36.7 Å². The number of aliphatic imine (C=N–C) groups is 1. The van der Waals surface area contributed by atoms with Gasteiger partial charge in [0.05, 0.1) is 48.0 Å². The lowest BCUT2D eigenvalue weighted by Crippen LogP contribution is -2.42. The summed E-state index contributed by atoms with van der Waals surface area (Å²) < 4.78 is 7.56. The Morgan fingerprint density at radius 2 is 2.12 bits per heavy atom. The number of ether oxygens (including phenoxy) is 1. The number of aromatic nitrogens is 5. The van der Waals surface area contributed by atoms with Crippen molar-refractivity contribution in [1.82, 2.24) is 35.1 Å². The van der Waals surface area contributed by atoms with Crippen molar-refractivity contribution in [2.24, 2.45) is 10.7 Å². The van der Waals surface area contributed by atoms with Crippen LogP contribution in [-0.2, 0) is 16.0 Å². The van der Waals surface area contributed by atoms with Crippen molar-refractivity contribution in [2.45, 2.75) is 37.8 Å². The second-order valence-electron chi connectivity index (χ2n) is 9.07. The summed E-state index contributed by atoms with van der Waals surface area (Å²) in [4.78, 5) is 18.8. The van der Waals surface area contributed by atoms with Crippen LogP contribution in [0.4, 0.5) is 5.69 Å². The zero-order valence-corrected chi connectivity index (χ0v) is 18.9. The van der Waals surface area contributed by atoms with Crippen molar-refractivity contribution in [3.05, 3.63) is 47.5 Å². The maximum atomic E-state index is 12.0. The van der Waals surface area contributed by atoms with Gasteiger partial charge in [0.15, 0.2) is 5.82 Å². The first-order valence-corrected chi connectivity index (χ1v) is 11.7. The average Bonchev–Trinajstić information content (AvgIpc) is 3.65. The number of hydrogen-bond acceptors (Lipinski definition) is 9. The van der Waals surface area contributed by atoms with Gasteiger partial charge in [-0.1, -0.05) is 5.21 Å². The molecule has 1 amide bonds. The van der Waals surface area contributed by atoms with Gasteiger partial charge in [-0.3, -0.25) is 19.8 Å². The molecule has 2 fully saturated rings. The van der Waals surface area contributed by atoms with Crippen LogP contribution in [0.25, 0.3) is 0 Å². The van der Waals surface area contributed by atoms with E-state index in [1.165, 1.54) is 0 Å². The normalized spacial score (nSPS) is 23.4. The number of carbonyl (C=O) groups is 1. The number of primary amides is 1. The molecule has 0 spiro atoms. The first kappa shape index (κ1) is 21.1. The molecule has 34 heavy (non-hydrogen) atoms. The molecule has 6 heterocycles. The molecule has 0 aliphatic carbocycles. The van der Waals surface area contributed by atoms with Crippen molar-refractivity contribution in [1.29, 1.82) is 0 Å². The summed E-state index contributed by atoms with van der Waals surface area (Å²) in [5.74, 6) is 0.0676. The number of H-pyrrole nitrogens is 1. The summed E-state index contributed by atoms with van der Waals surface area (Å²) in [7, 11) is 0. The summed E-state index contributed by atoms with van der Waals surface area (Å²) in [5, 5.41) is 20.0. The number of anilines is 1. The van der Waals surface area contributed by atoms with Gasteiger partial charge in [0.1, 0.15) is 0 Å². The predicted molar refractivity (Wildman–Crippen MR) is 124 cm³/mol. The number of aromatic amines is 1. The monoisotopic (exact) mass is 464 g/mol. The number of rotatable bonds is 6. The van der Waals surface area contributed by atoms with Crippen LogP contribution in [0.5, 0.6) is 0 Å². The molecule has 2 saturated heterocycles. The molecule has 2 aromatic heterocycles. The number of fused-ring (bicyclic) bond motifs is 1. The van der Waals surface area contributed by atoms with Gasteiger partial charge in [0, 0.05) is 50.8 Å². The van der Waals surface area contributed by atoms with Gasteiger partial charge >= 0.3 is 0 Å². The average molecular weight is 465 g/mol. The summed E-state index contributed by atoms with van der Waals surface area (Å²) in [6.45, 7) is 4.20. The Morgan fingerprint density at radius 1 is 1.24 bits per heavy atom. The van der Waals surface area contributed by atoms with E-state index in [1.54, 1.807) is 12.4 Å². The van der Waals surface area contributed by atoms with Crippen molar-refractivity contribution in [3.63, 3.8) is 0 Å². The minimum Gasteiger partial charge on any atom is -0.380 e. The lowest BCUT2D eigenvalue weighted by Gasteiger charge is -2.35. The topological polar surface area (TPSA) is 134 Å². The summed E-state index contributed by atoms with van der Waals surface area (Å²) in [5.41, 5.74) is 8.66. The van der Waals surface area contributed by atoms with Crippen LogP contribution in [0.3, 0.4) is 0 Å². The zero-order valence-electron chi connectivity index (χ0n) is 18.9. The molecule has 4 aliphatic heterocycles. The molecule has 4 aliphatic rings. The van der Waals surface area contributed by atoms with Crippen LogP contribution in [0, 0.1) is 0 Å². The summed E-state index contributed by atoms with van der Waals surface area (Å²) >= 11 is 0. The second-order valence-corrected chi connectivity index (χ2v) is 9.07. The van der Waals surface area contributed by atoms with E-state index in [9.17, 15) is 4.79 Å². The maximum absolute atomic E-state index is 12.0. The van der Waals surface area contributed by atoms with Crippen molar-refractivity contribution in [3.8, 4) is 0 Å². The lowest BCUT2D eigenvalue weighted by atomic mass is 10.0. The van der Waals surface area contributed by atoms with Gasteiger partial charge in [0.25, 0.3) is 0 Å². The number of hydrazine groups is 1. The molecular weight excluding hydrogens is 436 g/mol. The molecule has 12 heteroatoms. The van der Waals surface area contributed by atoms with Crippen LogP contribution in [0.15, 0.2) is 41.1 Å². The zero-order chi connectivity index (χ0) is 23.1. The Bertz CT molecular complexity index is 1150. The highest BCUT2D eigenvalue weighted by Gasteiger charge is 2.34. The Hall–Kier alpha value is -3.51. The fourth-order valence-corrected chi connectivity index (χ4v) is 5.20. The maximum Gasteiger partial charge on any atom is 0.250 e. The van der Waals surface area contributed by atoms with Gasteiger partial charge in [-0.25, -0.2) is 14.7 Å². The van der Waals surface area contributed by atoms with Gasteiger partial charge in [-0.05, 0) is 25.3 Å². The van der Waals surface area contributed by atoms with Gasteiger partial charge in [-0.15, -0.1) is 5.10 Å². The van der Waals surface area contributed by atoms with Crippen molar-refractivity contribution >= 4 is 17.8 Å². The molecule has 178 valence electrons. The van der Waals surface area contributed by atoms with E-state index in [4.69, 9.17) is 10.5 Å². The number of nitrogens with one attached hydrogen (secondary N) is 1. The fraction of sp³-hybridized carbons (Fsp3) is 0.500. The molecule has 2 aromatic rings. The molecule has 1 atom stereocenters. The first-order valence-electron chi connectivity index (χ1n) is 11.7. The number of piperidine rings is 1. The van der Waals surface area contributed by atoms with Gasteiger partial charge < -0.3 is 10.5 Å². The molecular formula is C22H28N10O2. The highest BCUT2D eigenvalue weighted by atomic mass is 16.5.